The van der Waals surface area contributed by atoms with Crippen LogP contribution < -0.4 is 5.43 Å². The number of hydrogen-bond donors (Lipinski definition) is 1. The van der Waals surface area contributed by atoms with Crippen LogP contribution in [0.1, 0.15) is 33.3 Å². The van der Waals surface area contributed by atoms with Gasteiger partial charge in [-0.15, -0.1) is 0 Å². The van der Waals surface area contributed by atoms with Crippen molar-refractivity contribution in [1.29, 1.82) is 0 Å². The first kappa shape index (κ1) is 18.3. The molecule has 1 aromatic heterocycles. The normalized spacial score (nSPS) is 16.2. The summed E-state index contributed by atoms with van der Waals surface area (Å²) in [6.45, 7) is 2.99. The van der Waals surface area contributed by atoms with Crippen molar-refractivity contribution in [3.05, 3.63) is 75.1 Å². The summed E-state index contributed by atoms with van der Waals surface area (Å²) in [6.07, 6.45) is 0. The van der Waals surface area contributed by atoms with Crippen LogP contribution in [0.15, 0.2) is 51.7 Å². The predicted octanol–water partition coefficient (Wildman–Crippen LogP) is 2.91. The van der Waals surface area contributed by atoms with Crippen molar-refractivity contribution in [2.24, 2.45) is 0 Å². The molecule has 0 bridgehead atoms. The molecule has 0 fully saturated rings. The van der Waals surface area contributed by atoms with E-state index in [0.29, 0.717) is 35.2 Å². The molecule has 0 radical (unpaired) electrons. The Morgan fingerprint density at radius 3 is 2.64 bits per heavy atom. The Balaban J connectivity index is 1.96. The molecule has 6 heteroatoms. The number of aryl methyl sites for hydroxylation is 1. The molecule has 0 unspecified atom stereocenters. The maximum atomic E-state index is 13.4. The number of amides is 1. The van der Waals surface area contributed by atoms with Crippen molar-refractivity contribution in [2.75, 3.05) is 27.2 Å². The average molecular weight is 378 g/mol. The summed E-state index contributed by atoms with van der Waals surface area (Å²) in [4.78, 5) is 30.1. The van der Waals surface area contributed by atoms with Gasteiger partial charge in [-0.05, 0) is 50.8 Å². The molecule has 3 aromatic rings. The quantitative estimate of drug-likeness (QED) is 0.756. The SMILES string of the molecule is Cc1ccc2oc3c(c(=O)c2c1)[C@@H](c1cccc(O)c1)N(CCN(C)C)C3=O. The Bertz CT molecular complexity index is 1130. The van der Waals surface area contributed by atoms with E-state index in [9.17, 15) is 14.7 Å². The van der Waals surface area contributed by atoms with E-state index in [4.69, 9.17) is 4.42 Å². The minimum atomic E-state index is -0.587. The van der Waals surface area contributed by atoms with Crippen LogP contribution in [0, 0.1) is 6.92 Å². The number of fused-ring (bicyclic) bond motifs is 2. The molecular formula is C22H22N2O4. The number of carbonyl (C=O) groups excluding carboxylic acids is 1. The molecule has 4 rings (SSSR count). The fourth-order valence-corrected chi connectivity index (χ4v) is 3.71. The van der Waals surface area contributed by atoms with Crippen molar-refractivity contribution in [3.63, 3.8) is 0 Å². The number of rotatable bonds is 4. The van der Waals surface area contributed by atoms with Crippen molar-refractivity contribution >= 4 is 16.9 Å². The number of phenolic OH excluding ortho intramolecular Hbond substituents is 1. The fraction of sp³-hybridized carbons (Fsp3) is 0.273. The van der Waals surface area contributed by atoms with Gasteiger partial charge < -0.3 is 19.3 Å². The third-order valence-electron chi connectivity index (χ3n) is 5.10. The summed E-state index contributed by atoms with van der Waals surface area (Å²) >= 11 is 0. The molecule has 28 heavy (non-hydrogen) atoms. The van der Waals surface area contributed by atoms with E-state index < -0.39 is 6.04 Å². The Morgan fingerprint density at radius 1 is 1.14 bits per heavy atom. The first-order valence-corrected chi connectivity index (χ1v) is 9.19. The van der Waals surface area contributed by atoms with Crippen molar-refractivity contribution in [3.8, 4) is 5.75 Å². The van der Waals surface area contributed by atoms with Gasteiger partial charge in [-0.3, -0.25) is 9.59 Å². The Morgan fingerprint density at radius 2 is 1.93 bits per heavy atom. The van der Waals surface area contributed by atoms with Gasteiger partial charge in [-0.1, -0.05) is 23.8 Å². The molecule has 1 amide bonds. The smallest absolute Gasteiger partial charge is 0.290 e. The van der Waals surface area contributed by atoms with Crippen LogP contribution in [0.25, 0.3) is 11.0 Å². The summed E-state index contributed by atoms with van der Waals surface area (Å²) in [5, 5.41) is 10.4. The molecule has 6 nitrogen and oxygen atoms in total. The first-order chi connectivity index (χ1) is 13.4. The highest BCUT2D eigenvalue weighted by Crippen LogP contribution is 2.38. The lowest BCUT2D eigenvalue weighted by molar-refractivity contribution is 0.0716. The minimum absolute atomic E-state index is 0.0898. The molecular weight excluding hydrogens is 356 g/mol. The van der Waals surface area contributed by atoms with Crippen molar-refractivity contribution in [1.82, 2.24) is 9.80 Å². The van der Waals surface area contributed by atoms with E-state index in [0.717, 1.165) is 5.56 Å². The van der Waals surface area contributed by atoms with Crippen molar-refractivity contribution in [2.45, 2.75) is 13.0 Å². The minimum Gasteiger partial charge on any atom is -0.508 e. The Hall–Kier alpha value is -3.12. The number of carbonyl (C=O) groups is 1. The highest BCUT2D eigenvalue weighted by Gasteiger charge is 2.42. The molecule has 0 saturated carbocycles. The lowest BCUT2D eigenvalue weighted by Crippen LogP contribution is -2.35. The molecule has 0 saturated heterocycles. The van der Waals surface area contributed by atoms with Gasteiger partial charge in [0.15, 0.2) is 5.43 Å². The predicted molar refractivity (Wildman–Crippen MR) is 107 cm³/mol. The highest BCUT2D eigenvalue weighted by atomic mass is 16.3. The summed E-state index contributed by atoms with van der Waals surface area (Å²) in [7, 11) is 3.86. The second-order valence-corrected chi connectivity index (χ2v) is 7.47. The molecule has 1 atom stereocenters. The van der Waals surface area contributed by atoms with E-state index in [1.54, 1.807) is 35.2 Å². The monoisotopic (exact) mass is 378 g/mol. The van der Waals surface area contributed by atoms with Gasteiger partial charge in [-0.25, -0.2) is 0 Å². The third kappa shape index (κ3) is 2.96. The number of nitrogens with zero attached hydrogens (tertiary/aromatic N) is 2. The number of likely N-dealkylation sites (N-methyl/N-ethyl adjacent to an activating group) is 1. The van der Waals surface area contributed by atoms with Crippen LogP contribution in [0.3, 0.4) is 0 Å². The van der Waals surface area contributed by atoms with Gasteiger partial charge in [0, 0.05) is 13.1 Å². The third-order valence-corrected chi connectivity index (χ3v) is 5.10. The fourth-order valence-electron chi connectivity index (χ4n) is 3.71. The Kier molecular flexibility index (Phi) is 4.43. The van der Waals surface area contributed by atoms with E-state index in [1.165, 1.54) is 0 Å². The maximum Gasteiger partial charge on any atom is 0.290 e. The molecule has 2 heterocycles. The topological polar surface area (TPSA) is 74.0 Å². The van der Waals surface area contributed by atoms with E-state index in [-0.39, 0.29) is 22.8 Å². The highest BCUT2D eigenvalue weighted by molar-refractivity contribution is 5.99. The average Bonchev–Trinajstić information content (AvgIpc) is 2.93. The second kappa shape index (κ2) is 6.80. The van der Waals surface area contributed by atoms with Crippen LogP contribution in [0.4, 0.5) is 0 Å². The summed E-state index contributed by atoms with van der Waals surface area (Å²) < 4.78 is 5.90. The van der Waals surface area contributed by atoms with E-state index in [1.807, 2.05) is 38.1 Å². The second-order valence-electron chi connectivity index (χ2n) is 7.47. The van der Waals surface area contributed by atoms with Gasteiger partial charge in [-0.2, -0.15) is 0 Å². The van der Waals surface area contributed by atoms with E-state index >= 15 is 0 Å². The van der Waals surface area contributed by atoms with Crippen LogP contribution in [0.2, 0.25) is 0 Å². The van der Waals surface area contributed by atoms with Gasteiger partial charge in [0.2, 0.25) is 5.76 Å². The van der Waals surface area contributed by atoms with Crippen LogP contribution in [0.5, 0.6) is 5.75 Å². The summed E-state index contributed by atoms with van der Waals surface area (Å²) in [6, 6.07) is 11.5. The zero-order chi connectivity index (χ0) is 20.0. The number of hydrogen-bond acceptors (Lipinski definition) is 5. The molecule has 1 aliphatic rings. The zero-order valence-electron chi connectivity index (χ0n) is 16.1. The van der Waals surface area contributed by atoms with Gasteiger partial charge in [0.1, 0.15) is 11.3 Å². The molecule has 144 valence electrons. The van der Waals surface area contributed by atoms with Crippen LogP contribution in [-0.2, 0) is 0 Å². The van der Waals surface area contributed by atoms with E-state index in [2.05, 4.69) is 0 Å². The number of aromatic hydroxyl groups is 1. The lowest BCUT2D eigenvalue weighted by Gasteiger charge is -2.26. The largest absolute Gasteiger partial charge is 0.508 e. The molecule has 2 aromatic carbocycles. The van der Waals surface area contributed by atoms with Crippen LogP contribution in [-0.4, -0.2) is 48.0 Å². The number of phenols is 1. The van der Waals surface area contributed by atoms with Gasteiger partial charge >= 0.3 is 0 Å². The summed E-state index contributed by atoms with van der Waals surface area (Å²) in [5.41, 5.74) is 2.18. The zero-order valence-corrected chi connectivity index (χ0v) is 16.1. The maximum absolute atomic E-state index is 13.4. The van der Waals surface area contributed by atoms with Crippen LogP contribution >= 0.6 is 0 Å². The first-order valence-electron chi connectivity index (χ1n) is 9.19. The summed E-state index contributed by atoms with van der Waals surface area (Å²) in [5.74, 6) is -0.120. The number of benzene rings is 2. The van der Waals surface area contributed by atoms with Gasteiger partial charge in [0.25, 0.3) is 5.91 Å². The Labute approximate surface area is 162 Å². The molecule has 0 aliphatic carbocycles. The molecule has 1 aliphatic heterocycles. The van der Waals surface area contributed by atoms with Crippen molar-refractivity contribution < 1.29 is 14.3 Å². The van der Waals surface area contributed by atoms with Gasteiger partial charge in [0.05, 0.1) is 17.0 Å². The standard InChI is InChI=1S/C22H22N2O4/c1-13-7-8-17-16(11-13)20(26)18-19(14-5-4-6-15(25)12-14)24(10-9-23(2)3)22(27)21(18)28-17/h4-8,11-12,19,25H,9-10H2,1-3H3/t19-/m1/s1. The molecule has 0 spiro atoms. The lowest BCUT2D eigenvalue weighted by atomic mass is 9.98. The molecule has 1 N–H and O–H groups in total.